The Hall–Kier alpha value is -3.09. The van der Waals surface area contributed by atoms with E-state index in [1.54, 1.807) is 31.1 Å². The maximum atomic E-state index is 12.4. The number of aromatic nitrogens is 3. The normalized spacial score (nSPS) is 10.9. The van der Waals surface area contributed by atoms with Crippen molar-refractivity contribution < 1.29 is 14.3 Å². The molecule has 0 saturated heterocycles. The number of nitrogens with zero attached hydrogens (tertiary/aromatic N) is 3. The van der Waals surface area contributed by atoms with Crippen molar-refractivity contribution in [3.63, 3.8) is 0 Å². The van der Waals surface area contributed by atoms with Gasteiger partial charge < -0.3 is 14.8 Å². The molecule has 0 aliphatic carbocycles. The number of ether oxygens (including phenoxy) is 2. The molecule has 0 saturated carbocycles. The zero-order valence-corrected chi connectivity index (χ0v) is 14.6. The zero-order valence-electron chi connectivity index (χ0n) is 14.6. The van der Waals surface area contributed by atoms with Gasteiger partial charge in [-0.15, -0.1) is 0 Å². The Balaban J connectivity index is 1.79. The van der Waals surface area contributed by atoms with Crippen molar-refractivity contribution in [3.8, 4) is 11.6 Å². The molecule has 7 nitrogen and oxygen atoms in total. The first-order chi connectivity index (χ1) is 12.0. The number of fused-ring (bicyclic) bond motifs is 1. The first kappa shape index (κ1) is 16.8. The molecule has 0 bridgehead atoms. The molecule has 25 heavy (non-hydrogen) atoms. The molecule has 2 heterocycles. The van der Waals surface area contributed by atoms with Crippen LogP contribution in [-0.4, -0.2) is 33.9 Å². The molecule has 0 unspecified atom stereocenters. The fourth-order valence-electron chi connectivity index (χ4n) is 2.40. The standard InChI is InChI=1S/C18H20N4O3/c1-11(2)25-17-9-16(21-22(17)3)18(23)20-13-7-12-5-6-14(24-4)8-15(12)19-10-13/h5-11H,1-4H3,(H,20,23). The molecule has 7 heteroatoms. The van der Waals surface area contributed by atoms with Gasteiger partial charge in [0.1, 0.15) is 5.75 Å². The number of aryl methyl sites for hydroxylation is 1. The summed E-state index contributed by atoms with van der Waals surface area (Å²) in [6, 6.07) is 9.06. The van der Waals surface area contributed by atoms with Crippen molar-refractivity contribution >= 4 is 22.5 Å². The van der Waals surface area contributed by atoms with Crippen LogP contribution in [0.4, 0.5) is 5.69 Å². The van der Waals surface area contributed by atoms with Crippen LogP contribution < -0.4 is 14.8 Å². The van der Waals surface area contributed by atoms with E-state index >= 15 is 0 Å². The minimum Gasteiger partial charge on any atom is -0.497 e. The van der Waals surface area contributed by atoms with Gasteiger partial charge in [-0.2, -0.15) is 5.10 Å². The van der Waals surface area contributed by atoms with Gasteiger partial charge in [0.15, 0.2) is 5.69 Å². The maximum Gasteiger partial charge on any atom is 0.276 e. The molecule has 3 aromatic rings. The van der Waals surface area contributed by atoms with Crippen molar-refractivity contribution in [3.05, 3.63) is 42.2 Å². The van der Waals surface area contributed by atoms with Crippen LogP contribution in [0.15, 0.2) is 36.5 Å². The highest BCUT2D eigenvalue weighted by Crippen LogP contribution is 2.22. The smallest absolute Gasteiger partial charge is 0.276 e. The number of nitrogens with one attached hydrogen (secondary N) is 1. The molecular formula is C18H20N4O3. The summed E-state index contributed by atoms with van der Waals surface area (Å²) >= 11 is 0. The van der Waals surface area contributed by atoms with E-state index in [0.29, 0.717) is 11.6 Å². The SMILES string of the molecule is COc1ccc2cc(NC(=O)c3cc(OC(C)C)n(C)n3)cnc2c1. The quantitative estimate of drug-likeness (QED) is 0.772. The summed E-state index contributed by atoms with van der Waals surface area (Å²) in [5, 5.41) is 7.90. The van der Waals surface area contributed by atoms with Crippen LogP contribution in [0.5, 0.6) is 11.6 Å². The molecule has 0 aliphatic rings. The Kier molecular flexibility index (Phi) is 4.56. The number of methoxy groups -OCH3 is 1. The third-order valence-corrected chi connectivity index (χ3v) is 3.58. The van der Waals surface area contributed by atoms with Crippen molar-refractivity contribution in [1.29, 1.82) is 0 Å². The number of anilines is 1. The number of carbonyl (C=O) groups is 1. The molecule has 0 radical (unpaired) electrons. The number of benzene rings is 1. The van der Waals surface area contributed by atoms with Crippen LogP contribution in [-0.2, 0) is 7.05 Å². The van der Waals surface area contributed by atoms with Crippen LogP contribution in [0.1, 0.15) is 24.3 Å². The molecule has 0 atom stereocenters. The van der Waals surface area contributed by atoms with E-state index in [9.17, 15) is 4.79 Å². The van der Waals surface area contributed by atoms with Crippen molar-refractivity contribution in [2.45, 2.75) is 20.0 Å². The molecule has 3 rings (SSSR count). The number of hydrogen-bond acceptors (Lipinski definition) is 5. The molecule has 0 spiro atoms. The van der Waals surface area contributed by atoms with Crippen molar-refractivity contribution in [2.75, 3.05) is 12.4 Å². The summed E-state index contributed by atoms with van der Waals surface area (Å²) in [6.45, 7) is 3.84. The molecule has 130 valence electrons. The topological polar surface area (TPSA) is 78.3 Å². The molecule has 2 aromatic heterocycles. The lowest BCUT2D eigenvalue weighted by molar-refractivity contribution is 0.102. The Morgan fingerprint density at radius 2 is 2.04 bits per heavy atom. The van der Waals surface area contributed by atoms with E-state index in [-0.39, 0.29) is 17.7 Å². The molecular weight excluding hydrogens is 320 g/mol. The summed E-state index contributed by atoms with van der Waals surface area (Å²) in [7, 11) is 3.35. The second-order valence-electron chi connectivity index (χ2n) is 5.89. The largest absolute Gasteiger partial charge is 0.497 e. The van der Waals surface area contributed by atoms with Gasteiger partial charge in [-0.05, 0) is 32.0 Å². The lowest BCUT2D eigenvalue weighted by Gasteiger charge is -2.07. The van der Waals surface area contributed by atoms with Gasteiger partial charge in [-0.25, -0.2) is 4.68 Å². The monoisotopic (exact) mass is 340 g/mol. The molecule has 0 aliphatic heterocycles. The van der Waals surface area contributed by atoms with Gasteiger partial charge in [0.05, 0.1) is 30.6 Å². The third kappa shape index (κ3) is 3.71. The van der Waals surface area contributed by atoms with E-state index < -0.39 is 0 Å². The third-order valence-electron chi connectivity index (χ3n) is 3.58. The maximum absolute atomic E-state index is 12.4. The number of rotatable bonds is 5. The van der Waals surface area contributed by atoms with Gasteiger partial charge in [-0.1, -0.05) is 0 Å². The van der Waals surface area contributed by atoms with E-state index in [4.69, 9.17) is 9.47 Å². The van der Waals surface area contributed by atoms with E-state index in [1.807, 2.05) is 38.1 Å². The van der Waals surface area contributed by atoms with Crippen molar-refractivity contribution in [1.82, 2.24) is 14.8 Å². The van der Waals surface area contributed by atoms with Gasteiger partial charge in [-0.3, -0.25) is 9.78 Å². The predicted octanol–water partition coefficient (Wildman–Crippen LogP) is 3.02. The second kappa shape index (κ2) is 6.80. The average Bonchev–Trinajstić information content (AvgIpc) is 2.94. The fourth-order valence-corrected chi connectivity index (χ4v) is 2.40. The highest BCUT2D eigenvalue weighted by molar-refractivity contribution is 6.03. The van der Waals surface area contributed by atoms with Gasteiger partial charge in [0.2, 0.25) is 5.88 Å². The number of carbonyl (C=O) groups excluding carboxylic acids is 1. The highest BCUT2D eigenvalue weighted by Gasteiger charge is 2.15. The number of pyridine rings is 1. The first-order valence-corrected chi connectivity index (χ1v) is 7.92. The Morgan fingerprint density at radius 1 is 1.24 bits per heavy atom. The Labute approximate surface area is 145 Å². The predicted molar refractivity (Wildman–Crippen MR) is 95.2 cm³/mol. The fraction of sp³-hybridized carbons (Fsp3) is 0.278. The molecule has 1 aromatic carbocycles. The first-order valence-electron chi connectivity index (χ1n) is 7.92. The van der Waals surface area contributed by atoms with E-state index in [1.165, 1.54) is 0 Å². The van der Waals surface area contributed by atoms with Gasteiger partial charge >= 0.3 is 0 Å². The van der Waals surface area contributed by atoms with Crippen LogP contribution in [0.25, 0.3) is 10.9 Å². The number of amides is 1. The lowest BCUT2D eigenvalue weighted by Crippen LogP contribution is -2.13. The summed E-state index contributed by atoms with van der Waals surface area (Å²) in [5.74, 6) is 0.968. The average molecular weight is 340 g/mol. The second-order valence-corrected chi connectivity index (χ2v) is 5.89. The van der Waals surface area contributed by atoms with Crippen LogP contribution in [0.2, 0.25) is 0 Å². The van der Waals surface area contributed by atoms with Gasteiger partial charge in [0, 0.05) is 24.6 Å². The lowest BCUT2D eigenvalue weighted by atomic mass is 10.2. The zero-order chi connectivity index (χ0) is 18.0. The van der Waals surface area contributed by atoms with Crippen LogP contribution in [0.3, 0.4) is 0 Å². The van der Waals surface area contributed by atoms with Crippen molar-refractivity contribution in [2.24, 2.45) is 7.05 Å². The minimum atomic E-state index is -0.316. The minimum absolute atomic E-state index is 0.00740. The van der Waals surface area contributed by atoms with Crippen LogP contribution >= 0.6 is 0 Å². The summed E-state index contributed by atoms with van der Waals surface area (Å²) in [5.41, 5.74) is 1.68. The molecule has 1 N–H and O–H groups in total. The Morgan fingerprint density at radius 3 is 2.76 bits per heavy atom. The summed E-state index contributed by atoms with van der Waals surface area (Å²) in [6.07, 6.45) is 1.61. The number of hydrogen-bond donors (Lipinski definition) is 1. The molecule has 1 amide bonds. The van der Waals surface area contributed by atoms with E-state index in [0.717, 1.165) is 16.7 Å². The molecule has 0 fully saturated rings. The summed E-state index contributed by atoms with van der Waals surface area (Å²) in [4.78, 5) is 16.8. The highest BCUT2D eigenvalue weighted by atomic mass is 16.5. The van der Waals surface area contributed by atoms with E-state index in [2.05, 4.69) is 15.4 Å². The Bertz CT molecular complexity index is 918. The van der Waals surface area contributed by atoms with Gasteiger partial charge in [0.25, 0.3) is 5.91 Å². The van der Waals surface area contributed by atoms with Crippen LogP contribution in [0, 0.1) is 0 Å². The summed E-state index contributed by atoms with van der Waals surface area (Å²) < 4.78 is 12.3.